The standard InChI is InChI=1S/C15H25N3O2/c1-12(8-9-18(2)3)17-15(20)16-10-13-6-4-5-7-14(13)11-19/h4-7,12,19H,8-11H2,1-3H3,(H2,16,17,20). The molecule has 20 heavy (non-hydrogen) atoms. The van der Waals surface area contributed by atoms with E-state index in [4.69, 9.17) is 0 Å². The van der Waals surface area contributed by atoms with Gasteiger partial charge in [0.05, 0.1) is 6.61 Å². The fraction of sp³-hybridized carbons (Fsp3) is 0.533. The first-order valence-corrected chi connectivity index (χ1v) is 6.89. The van der Waals surface area contributed by atoms with E-state index in [0.29, 0.717) is 6.54 Å². The Morgan fingerprint density at radius 3 is 2.55 bits per heavy atom. The van der Waals surface area contributed by atoms with Crippen LogP contribution in [0.4, 0.5) is 4.79 Å². The van der Waals surface area contributed by atoms with E-state index in [2.05, 4.69) is 15.5 Å². The zero-order valence-electron chi connectivity index (χ0n) is 12.5. The lowest BCUT2D eigenvalue weighted by Gasteiger charge is -2.17. The third kappa shape index (κ3) is 6.04. The predicted molar refractivity (Wildman–Crippen MR) is 80.4 cm³/mol. The highest BCUT2D eigenvalue weighted by molar-refractivity contribution is 5.74. The number of rotatable bonds is 7. The average molecular weight is 279 g/mol. The number of hydrogen-bond acceptors (Lipinski definition) is 3. The number of aliphatic hydroxyl groups is 1. The summed E-state index contributed by atoms with van der Waals surface area (Å²) >= 11 is 0. The monoisotopic (exact) mass is 279 g/mol. The molecule has 5 nitrogen and oxygen atoms in total. The average Bonchev–Trinajstić information content (AvgIpc) is 2.43. The summed E-state index contributed by atoms with van der Waals surface area (Å²) in [5.41, 5.74) is 1.78. The molecular weight excluding hydrogens is 254 g/mol. The largest absolute Gasteiger partial charge is 0.392 e. The third-order valence-electron chi connectivity index (χ3n) is 3.11. The third-order valence-corrected chi connectivity index (χ3v) is 3.11. The van der Waals surface area contributed by atoms with E-state index in [1.165, 1.54) is 0 Å². The topological polar surface area (TPSA) is 64.6 Å². The van der Waals surface area contributed by atoms with E-state index in [1.54, 1.807) is 0 Å². The van der Waals surface area contributed by atoms with Gasteiger partial charge in [-0.05, 0) is 45.1 Å². The second kappa shape index (κ2) is 8.55. The lowest BCUT2D eigenvalue weighted by atomic mass is 10.1. The van der Waals surface area contributed by atoms with Gasteiger partial charge in [-0.15, -0.1) is 0 Å². The summed E-state index contributed by atoms with van der Waals surface area (Å²) in [4.78, 5) is 13.9. The lowest BCUT2D eigenvalue weighted by molar-refractivity contribution is 0.235. The van der Waals surface area contributed by atoms with Crippen LogP contribution in [0.2, 0.25) is 0 Å². The van der Waals surface area contributed by atoms with Gasteiger partial charge in [-0.1, -0.05) is 24.3 Å². The molecule has 0 bridgehead atoms. The Morgan fingerprint density at radius 2 is 1.95 bits per heavy atom. The summed E-state index contributed by atoms with van der Waals surface area (Å²) in [5, 5.41) is 14.9. The van der Waals surface area contributed by atoms with Gasteiger partial charge in [0.25, 0.3) is 0 Å². The molecule has 1 unspecified atom stereocenters. The molecule has 1 aromatic rings. The highest BCUT2D eigenvalue weighted by Gasteiger charge is 2.08. The molecule has 1 rings (SSSR count). The number of aliphatic hydroxyl groups excluding tert-OH is 1. The van der Waals surface area contributed by atoms with Crippen molar-refractivity contribution in [1.82, 2.24) is 15.5 Å². The molecule has 0 aromatic heterocycles. The quantitative estimate of drug-likeness (QED) is 0.705. The Kier molecular flexibility index (Phi) is 7.04. The van der Waals surface area contributed by atoms with Crippen molar-refractivity contribution in [2.45, 2.75) is 32.5 Å². The smallest absolute Gasteiger partial charge is 0.315 e. The number of hydrogen-bond donors (Lipinski definition) is 3. The molecule has 0 aliphatic heterocycles. The number of carbonyl (C=O) groups excluding carboxylic acids is 1. The minimum Gasteiger partial charge on any atom is -0.392 e. The highest BCUT2D eigenvalue weighted by atomic mass is 16.3. The molecule has 0 radical (unpaired) electrons. The fourth-order valence-electron chi connectivity index (χ4n) is 1.86. The number of nitrogens with one attached hydrogen (secondary N) is 2. The summed E-state index contributed by atoms with van der Waals surface area (Å²) in [6.45, 7) is 3.33. The van der Waals surface area contributed by atoms with E-state index < -0.39 is 0 Å². The Labute approximate surface area is 121 Å². The minimum atomic E-state index is -0.177. The normalized spacial score (nSPS) is 12.2. The van der Waals surface area contributed by atoms with Crippen LogP contribution in [0.5, 0.6) is 0 Å². The minimum absolute atomic E-state index is 0.0152. The van der Waals surface area contributed by atoms with Crippen molar-refractivity contribution >= 4 is 6.03 Å². The maximum absolute atomic E-state index is 11.8. The summed E-state index contributed by atoms with van der Waals surface area (Å²) in [6, 6.07) is 7.48. The van der Waals surface area contributed by atoms with Crippen molar-refractivity contribution in [1.29, 1.82) is 0 Å². The number of urea groups is 1. The fourth-order valence-corrected chi connectivity index (χ4v) is 1.86. The molecule has 1 aromatic carbocycles. The molecule has 0 saturated heterocycles. The van der Waals surface area contributed by atoms with Crippen molar-refractivity contribution in [3.63, 3.8) is 0 Å². The van der Waals surface area contributed by atoms with Crippen molar-refractivity contribution in [2.24, 2.45) is 0 Å². The molecule has 112 valence electrons. The molecule has 0 heterocycles. The maximum atomic E-state index is 11.8. The molecule has 0 spiro atoms. The zero-order valence-corrected chi connectivity index (χ0v) is 12.5. The predicted octanol–water partition coefficient (Wildman–Crippen LogP) is 1.32. The van der Waals surface area contributed by atoms with Gasteiger partial charge in [0.2, 0.25) is 0 Å². The van der Waals surface area contributed by atoms with Gasteiger partial charge in [0.1, 0.15) is 0 Å². The van der Waals surface area contributed by atoms with E-state index in [0.717, 1.165) is 24.1 Å². The van der Waals surface area contributed by atoms with Gasteiger partial charge in [-0.3, -0.25) is 0 Å². The Bertz CT molecular complexity index is 421. The maximum Gasteiger partial charge on any atom is 0.315 e. The number of nitrogens with zero attached hydrogens (tertiary/aromatic N) is 1. The van der Waals surface area contributed by atoms with Gasteiger partial charge in [0, 0.05) is 12.6 Å². The highest BCUT2D eigenvalue weighted by Crippen LogP contribution is 2.07. The molecule has 5 heteroatoms. The van der Waals surface area contributed by atoms with Crippen LogP contribution in [0.25, 0.3) is 0 Å². The van der Waals surface area contributed by atoms with Crippen molar-refractivity contribution in [3.8, 4) is 0 Å². The lowest BCUT2D eigenvalue weighted by Crippen LogP contribution is -2.41. The van der Waals surface area contributed by atoms with Crippen LogP contribution in [0.3, 0.4) is 0 Å². The van der Waals surface area contributed by atoms with Crippen LogP contribution >= 0.6 is 0 Å². The molecule has 1 atom stereocenters. The van der Waals surface area contributed by atoms with E-state index in [9.17, 15) is 9.90 Å². The van der Waals surface area contributed by atoms with Crippen molar-refractivity contribution in [2.75, 3.05) is 20.6 Å². The van der Waals surface area contributed by atoms with Crippen LogP contribution in [0.1, 0.15) is 24.5 Å². The summed E-state index contributed by atoms with van der Waals surface area (Å²) < 4.78 is 0. The second-order valence-corrected chi connectivity index (χ2v) is 5.25. The molecular formula is C15H25N3O2. The van der Waals surface area contributed by atoms with Crippen LogP contribution < -0.4 is 10.6 Å². The summed E-state index contributed by atoms with van der Waals surface area (Å²) in [7, 11) is 4.03. The van der Waals surface area contributed by atoms with Gasteiger partial charge in [-0.2, -0.15) is 0 Å². The van der Waals surface area contributed by atoms with Gasteiger partial charge < -0.3 is 20.6 Å². The van der Waals surface area contributed by atoms with Crippen LogP contribution in [-0.2, 0) is 13.2 Å². The molecule has 0 fully saturated rings. The number of carbonyl (C=O) groups is 1. The summed E-state index contributed by atoms with van der Waals surface area (Å²) in [5.74, 6) is 0. The SMILES string of the molecule is CC(CCN(C)C)NC(=O)NCc1ccccc1CO. The van der Waals surface area contributed by atoms with Gasteiger partial charge in [0.15, 0.2) is 0 Å². The Morgan fingerprint density at radius 1 is 1.30 bits per heavy atom. The van der Waals surface area contributed by atoms with Crippen molar-refractivity contribution in [3.05, 3.63) is 35.4 Å². The first kappa shape index (κ1) is 16.5. The van der Waals surface area contributed by atoms with Crippen LogP contribution in [0, 0.1) is 0 Å². The number of amides is 2. The zero-order chi connectivity index (χ0) is 15.0. The first-order chi connectivity index (χ1) is 9.52. The van der Waals surface area contributed by atoms with E-state index in [1.807, 2.05) is 45.3 Å². The molecule has 0 saturated carbocycles. The number of benzene rings is 1. The van der Waals surface area contributed by atoms with Gasteiger partial charge >= 0.3 is 6.03 Å². The van der Waals surface area contributed by atoms with E-state index in [-0.39, 0.29) is 18.7 Å². The molecule has 0 aliphatic rings. The molecule has 2 amide bonds. The molecule has 3 N–H and O–H groups in total. The van der Waals surface area contributed by atoms with Crippen LogP contribution in [0.15, 0.2) is 24.3 Å². The van der Waals surface area contributed by atoms with Gasteiger partial charge in [-0.25, -0.2) is 4.79 Å². The van der Waals surface area contributed by atoms with Crippen LogP contribution in [-0.4, -0.2) is 42.7 Å². The first-order valence-electron chi connectivity index (χ1n) is 6.89. The Hall–Kier alpha value is -1.59. The Balaban J connectivity index is 2.36. The van der Waals surface area contributed by atoms with E-state index >= 15 is 0 Å². The second-order valence-electron chi connectivity index (χ2n) is 5.25. The molecule has 0 aliphatic carbocycles. The van der Waals surface area contributed by atoms with Crippen molar-refractivity contribution < 1.29 is 9.90 Å². The summed E-state index contributed by atoms with van der Waals surface area (Å²) in [6.07, 6.45) is 0.910.